The molecule has 2 aromatic carbocycles. The van der Waals surface area contributed by atoms with E-state index in [-0.39, 0.29) is 11.3 Å². The Labute approximate surface area is 117 Å². The van der Waals surface area contributed by atoms with Crippen LogP contribution in [-0.4, -0.2) is 23.5 Å². The molecule has 0 radical (unpaired) electrons. The molecule has 21 heavy (non-hydrogen) atoms. The molecule has 0 unspecified atom stereocenters. The van der Waals surface area contributed by atoms with E-state index in [4.69, 9.17) is 29.0 Å². The van der Waals surface area contributed by atoms with Crippen molar-refractivity contribution in [2.45, 2.75) is 0 Å². The topological polar surface area (TPSA) is 185 Å². The average molecular weight is 314 g/mol. The lowest BCUT2D eigenvalue weighted by molar-refractivity contribution is 0.381. The summed E-state index contributed by atoms with van der Waals surface area (Å²) in [4.78, 5) is 23.4. The molecule has 112 valence electrons. The van der Waals surface area contributed by atoms with Crippen molar-refractivity contribution in [3.63, 3.8) is 0 Å². The molecule has 0 saturated heterocycles. The first kappa shape index (κ1) is 16.4. The summed E-state index contributed by atoms with van der Waals surface area (Å²) in [6.07, 6.45) is 0. The first-order valence-corrected chi connectivity index (χ1v) is 6.56. The van der Waals surface area contributed by atoms with Crippen molar-refractivity contribution in [2.75, 3.05) is 0 Å². The molecule has 0 aliphatic rings. The number of nitrogens with two attached hydrogens (primary N) is 2. The summed E-state index contributed by atoms with van der Waals surface area (Å²) >= 11 is 0. The number of hydrogen-bond acceptors (Lipinski definition) is 6. The van der Waals surface area contributed by atoms with Crippen molar-refractivity contribution in [1.29, 1.82) is 0 Å². The summed E-state index contributed by atoms with van der Waals surface area (Å²) in [5.41, 5.74) is 9.22. The molecular weight excluding hydrogens is 304 g/mol. The van der Waals surface area contributed by atoms with Crippen molar-refractivity contribution in [3.05, 3.63) is 50.1 Å². The predicted molar refractivity (Wildman–Crippen MR) is 74.4 cm³/mol. The van der Waals surface area contributed by atoms with Crippen LogP contribution in [-0.2, 0) is 10.4 Å². The molecule has 0 aromatic heterocycles. The summed E-state index contributed by atoms with van der Waals surface area (Å²) in [7, 11) is -4.67. The van der Waals surface area contributed by atoms with Crippen molar-refractivity contribution in [1.82, 2.24) is 0 Å². The number of fused-ring (bicyclic) bond motifs is 1. The Hall–Kier alpha value is -2.63. The summed E-state index contributed by atoms with van der Waals surface area (Å²) in [6, 6.07) is 6.47. The van der Waals surface area contributed by atoms with E-state index >= 15 is 0 Å². The van der Waals surface area contributed by atoms with Crippen molar-refractivity contribution < 1.29 is 17.5 Å². The van der Waals surface area contributed by atoms with Crippen LogP contribution in [0.1, 0.15) is 0 Å². The van der Waals surface area contributed by atoms with E-state index < -0.39 is 21.3 Å². The Bertz CT molecular complexity index is 878. The highest BCUT2D eigenvalue weighted by atomic mass is 32.3. The zero-order valence-corrected chi connectivity index (χ0v) is 11.1. The zero-order valence-electron chi connectivity index (χ0n) is 10.3. The van der Waals surface area contributed by atoms with Crippen molar-refractivity contribution in [2.24, 2.45) is 21.7 Å². The minimum Gasteiger partial charge on any atom is -0.369 e. The summed E-state index contributed by atoms with van der Waals surface area (Å²) in [6.45, 7) is 0. The lowest BCUT2D eigenvalue weighted by atomic mass is 10.2. The predicted octanol–water partition coefficient (Wildman–Crippen LogP) is -2.13. The van der Waals surface area contributed by atoms with Gasteiger partial charge >= 0.3 is 10.4 Å². The van der Waals surface area contributed by atoms with E-state index in [2.05, 4.69) is 10.2 Å². The second kappa shape index (κ2) is 6.21. The van der Waals surface area contributed by atoms with Crippen LogP contribution in [0, 0.1) is 0 Å². The second-order valence-electron chi connectivity index (χ2n) is 3.63. The van der Waals surface area contributed by atoms with Gasteiger partial charge < -0.3 is 11.5 Å². The van der Waals surface area contributed by atoms with Crippen LogP contribution < -0.4 is 27.7 Å². The Morgan fingerprint density at radius 2 is 1.38 bits per heavy atom. The number of hydrogen-bond donors (Lipinski definition) is 4. The monoisotopic (exact) mass is 314 g/mol. The molecule has 2 aromatic rings. The largest absolute Gasteiger partial charge is 0.394 e. The van der Waals surface area contributed by atoms with Crippen LogP contribution in [0.15, 0.2) is 44.1 Å². The molecule has 0 aliphatic heterocycles. The van der Waals surface area contributed by atoms with Gasteiger partial charge in [0.15, 0.2) is 5.36 Å². The number of benzene rings is 1. The normalized spacial score (nSPS) is 10.6. The van der Waals surface area contributed by atoms with Gasteiger partial charge in [-0.05, 0) is 0 Å². The highest BCUT2D eigenvalue weighted by molar-refractivity contribution is 7.79. The average Bonchev–Trinajstić information content (AvgIpc) is 2.58. The van der Waals surface area contributed by atoms with Gasteiger partial charge in [-0.2, -0.15) is 8.42 Å². The molecule has 0 fully saturated rings. The standard InChI is InChI=1S/C10H8N4O2.H2O4S/c11-10(12)14-13-7-8(15)5-3-1-2-4-6(5)9(7)16;1-5(2,3)4/h1-4H,(H4,11,12,14);(H2,1,2,3,4). The highest BCUT2D eigenvalue weighted by Crippen LogP contribution is 2.01. The minimum atomic E-state index is -4.67. The van der Waals surface area contributed by atoms with Crippen LogP contribution >= 0.6 is 0 Å². The van der Waals surface area contributed by atoms with Gasteiger partial charge in [0.05, 0.1) is 0 Å². The van der Waals surface area contributed by atoms with Crippen LogP contribution in [0.4, 0.5) is 0 Å². The van der Waals surface area contributed by atoms with E-state index in [0.717, 1.165) is 0 Å². The molecule has 6 N–H and O–H groups in total. The third-order valence-electron chi connectivity index (χ3n) is 2.11. The van der Waals surface area contributed by atoms with Gasteiger partial charge in [-0.1, -0.05) is 24.3 Å². The molecule has 0 amide bonds. The molecule has 10 nitrogen and oxygen atoms in total. The van der Waals surface area contributed by atoms with Gasteiger partial charge in [0.25, 0.3) is 0 Å². The van der Waals surface area contributed by atoms with Gasteiger partial charge in [0, 0.05) is 10.8 Å². The van der Waals surface area contributed by atoms with Gasteiger partial charge in [-0.3, -0.25) is 18.7 Å². The quantitative estimate of drug-likeness (QED) is 0.199. The fourth-order valence-electron chi connectivity index (χ4n) is 1.44. The first-order valence-electron chi connectivity index (χ1n) is 5.16. The fourth-order valence-corrected chi connectivity index (χ4v) is 1.44. The smallest absolute Gasteiger partial charge is 0.369 e. The number of nitrogens with zero attached hydrogens (tertiary/aromatic N) is 2. The third-order valence-corrected chi connectivity index (χ3v) is 2.11. The minimum absolute atomic E-state index is 0.255. The molecule has 0 aliphatic carbocycles. The van der Waals surface area contributed by atoms with E-state index in [1.165, 1.54) is 0 Å². The lowest BCUT2D eigenvalue weighted by Crippen LogP contribution is -2.32. The van der Waals surface area contributed by atoms with Gasteiger partial charge in [0.1, 0.15) is 0 Å². The zero-order chi connectivity index (χ0) is 16.2. The van der Waals surface area contributed by atoms with Gasteiger partial charge in [0.2, 0.25) is 16.8 Å². The Morgan fingerprint density at radius 1 is 1.00 bits per heavy atom. The molecule has 0 spiro atoms. The fraction of sp³-hybridized carbons (Fsp3) is 0. The molecule has 0 heterocycles. The van der Waals surface area contributed by atoms with E-state index in [9.17, 15) is 9.59 Å². The van der Waals surface area contributed by atoms with E-state index in [1.54, 1.807) is 24.3 Å². The van der Waals surface area contributed by atoms with Crippen LogP contribution in [0.2, 0.25) is 0 Å². The van der Waals surface area contributed by atoms with Crippen molar-refractivity contribution in [3.8, 4) is 0 Å². The highest BCUT2D eigenvalue weighted by Gasteiger charge is 2.09. The van der Waals surface area contributed by atoms with Gasteiger partial charge in [-0.25, -0.2) is 0 Å². The Morgan fingerprint density at radius 3 is 1.71 bits per heavy atom. The maximum Gasteiger partial charge on any atom is 0.394 e. The van der Waals surface area contributed by atoms with Crippen LogP contribution in [0.3, 0.4) is 0 Å². The molecule has 0 bridgehead atoms. The maximum atomic E-state index is 11.7. The summed E-state index contributed by atoms with van der Waals surface area (Å²) in [5, 5.41) is 7.17. The molecule has 0 saturated carbocycles. The molecule has 0 atom stereocenters. The van der Waals surface area contributed by atoms with Crippen LogP contribution in [0.25, 0.3) is 10.8 Å². The maximum absolute atomic E-state index is 11.7. The van der Waals surface area contributed by atoms with E-state index in [0.29, 0.717) is 10.8 Å². The number of rotatable bonds is 1. The SMILES string of the molecule is NC(N)=NN=c1c(=O)c2ccccc2c1=O.O=S(=O)(O)O. The van der Waals surface area contributed by atoms with Gasteiger partial charge in [-0.15, -0.1) is 10.2 Å². The molecular formula is C10H10N4O6S. The Kier molecular flexibility index (Phi) is 4.86. The van der Waals surface area contributed by atoms with Crippen molar-refractivity contribution >= 4 is 27.1 Å². The summed E-state index contributed by atoms with van der Waals surface area (Å²) < 4.78 is 31.6. The van der Waals surface area contributed by atoms with Crippen LogP contribution in [0.5, 0.6) is 0 Å². The third kappa shape index (κ3) is 4.76. The number of guanidine groups is 1. The molecule has 11 heteroatoms. The van der Waals surface area contributed by atoms with E-state index in [1.807, 2.05) is 0 Å². The Balaban J connectivity index is 0.000000383. The molecule has 2 rings (SSSR count). The first-order chi connectivity index (χ1) is 9.61. The second-order valence-corrected chi connectivity index (χ2v) is 4.52. The summed E-state index contributed by atoms with van der Waals surface area (Å²) in [5.74, 6) is -0.302. The lowest BCUT2D eigenvalue weighted by Gasteiger charge is -1.81.